The van der Waals surface area contributed by atoms with Crippen LogP contribution in [0.2, 0.25) is 9.36 Å². The van der Waals surface area contributed by atoms with Crippen LogP contribution in [0.1, 0.15) is 15.2 Å². The molecule has 0 saturated heterocycles. The SMILES string of the molecule is O=C(c1ccc(Cl)s1)c1cc(Cl)ccc1F. The van der Waals surface area contributed by atoms with Crippen LogP contribution in [0.15, 0.2) is 30.3 Å². The van der Waals surface area contributed by atoms with Gasteiger partial charge in [-0.2, -0.15) is 0 Å². The minimum atomic E-state index is -0.584. The van der Waals surface area contributed by atoms with Crippen LogP contribution in [0.4, 0.5) is 4.39 Å². The van der Waals surface area contributed by atoms with Gasteiger partial charge in [0.05, 0.1) is 14.8 Å². The maximum absolute atomic E-state index is 13.4. The molecule has 1 heterocycles. The van der Waals surface area contributed by atoms with Gasteiger partial charge in [-0.15, -0.1) is 11.3 Å². The summed E-state index contributed by atoms with van der Waals surface area (Å²) in [6.45, 7) is 0. The topological polar surface area (TPSA) is 17.1 Å². The van der Waals surface area contributed by atoms with Crippen LogP contribution in [-0.2, 0) is 0 Å². The van der Waals surface area contributed by atoms with Crippen molar-refractivity contribution in [3.05, 3.63) is 55.9 Å². The third kappa shape index (κ3) is 2.26. The van der Waals surface area contributed by atoms with Crippen molar-refractivity contribution in [2.24, 2.45) is 0 Å². The Morgan fingerprint density at radius 1 is 1.19 bits per heavy atom. The molecule has 2 aromatic rings. The molecule has 0 unspecified atom stereocenters. The molecule has 5 heteroatoms. The highest BCUT2D eigenvalue weighted by Gasteiger charge is 2.16. The maximum Gasteiger partial charge on any atom is 0.205 e. The highest BCUT2D eigenvalue weighted by Crippen LogP contribution is 2.25. The number of halogens is 3. The van der Waals surface area contributed by atoms with Gasteiger partial charge in [-0.1, -0.05) is 23.2 Å². The summed E-state index contributed by atoms with van der Waals surface area (Å²) in [6, 6.07) is 7.05. The standard InChI is InChI=1S/C11H5Cl2FOS/c12-6-1-2-8(14)7(5-6)11(15)9-3-4-10(13)16-9/h1-5H. The van der Waals surface area contributed by atoms with Crippen molar-refractivity contribution >= 4 is 40.3 Å². The number of benzene rings is 1. The van der Waals surface area contributed by atoms with E-state index >= 15 is 0 Å². The summed E-state index contributed by atoms with van der Waals surface area (Å²) in [5.74, 6) is -0.990. The van der Waals surface area contributed by atoms with Gasteiger partial charge in [0.1, 0.15) is 5.82 Å². The summed E-state index contributed by atoms with van der Waals surface area (Å²) in [6.07, 6.45) is 0. The second kappa shape index (κ2) is 4.53. The van der Waals surface area contributed by atoms with E-state index < -0.39 is 11.6 Å². The smallest absolute Gasteiger partial charge is 0.205 e. The second-order valence-electron chi connectivity index (χ2n) is 3.06. The van der Waals surface area contributed by atoms with Crippen LogP contribution in [0.25, 0.3) is 0 Å². The maximum atomic E-state index is 13.4. The molecule has 0 bridgehead atoms. The molecule has 0 fully saturated rings. The van der Waals surface area contributed by atoms with Gasteiger partial charge in [0, 0.05) is 5.02 Å². The predicted octanol–water partition coefficient (Wildman–Crippen LogP) is 4.43. The Morgan fingerprint density at radius 2 is 1.94 bits per heavy atom. The summed E-state index contributed by atoms with van der Waals surface area (Å²) in [5.41, 5.74) is -0.0361. The van der Waals surface area contributed by atoms with E-state index in [0.717, 1.165) is 11.3 Å². The molecular formula is C11H5Cl2FOS. The number of hydrogen-bond acceptors (Lipinski definition) is 2. The third-order valence-electron chi connectivity index (χ3n) is 1.97. The van der Waals surface area contributed by atoms with Crippen LogP contribution in [0.3, 0.4) is 0 Å². The number of carbonyl (C=O) groups excluding carboxylic acids is 1. The van der Waals surface area contributed by atoms with Gasteiger partial charge in [0.25, 0.3) is 0 Å². The van der Waals surface area contributed by atoms with Crippen molar-refractivity contribution in [3.8, 4) is 0 Å². The van der Waals surface area contributed by atoms with E-state index in [1.807, 2.05) is 0 Å². The lowest BCUT2D eigenvalue weighted by Crippen LogP contribution is -2.01. The van der Waals surface area contributed by atoms with Crippen molar-refractivity contribution in [1.82, 2.24) is 0 Å². The lowest BCUT2D eigenvalue weighted by atomic mass is 10.1. The van der Waals surface area contributed by atoms with Crippen molar-refractivity contribution < 1.29 is 9.18 Å². The molecule has 2 rings (SSSR count). The van der Waals surface area contributed by atoms with Crippen molar-refractivity contribution in [3.63, 3.8) is 0 Å². The first-order chi connectivity index (χ1) is 7.58. The zero-order valence-electron chi connectivity index (χ0n) is 7.84. The molecule has 82 valence electrons. The predicted molar refractivity (Wildman–Crippen MR) is 64.2 cm³/mol. The number of hydrogen-bond donors (Lipinski definition) is 0. The highest BCUT2D eigenvalue weighted by atomic mass is 35.5. The van der Waals surface area contributed by atoms with Crippen molar-refractivity contribution in [1.29, 1.82) is 0 Å². The largest absolute Gasteiger partial charge is 0.288 e. The average molecular weight is 275 g/mol. The fraction of sp³-hybridized carbons (Fsp3) is 0. The monoisotopic (exact) mass is 274 g/mol. The summed E-state index contributed by atoms with van der Waals surface area (Å²) in [7, 11) is 0. The average Bonchev–Trinajstić information content (AvgIpc) is 2.67. The summed E-state index contributed by atoms with van der Waals surface area (Å²) < 4.78 is 13.9. The number of ketones is 1. The molecule has 0 N–H and O–H groups in total. The Morgan fingerprint density at radius 3 is 2.56 bits per heavy atom. The molecule has 16 heavy (non-hydrogen) atoms. The number of thiophene rings is 1. The van der Waals surface area contributed by atoms with E-state index in [1.165, 1.54) is 18.2 Å². The van der Waals surface area contributed by atoms with Gasteiger partial charge in [-0.25, -0.2) is 4.39 Å². The Bertz CT molecular complexity index is 551. The van der Waals surface area contributed by atoms with Gasteiger partial charge in [0.2, 0.25) is 5.78 Å². The van der Waals surface area contributed by atoms with Crippen LogP contribution in [0.5, 0.6) is 0 Å². The quantitative estimate of drug-likeness (QED) is 0.741. The first-order valence-corrected chi connectivity index (χ1v) is 5.90. The number of rotatable bonds is 2. The van der Waals surface area contributed by atoms with E-state index in [1.54, 1.807) is 12.1 Å². The van der Waals surface area contributed by atoms with E-state index in [4.69, 9.17) is 23.2 Å². The normalized spacial score (nSPS) is 10.4. The molecule has 1 nitrogen and oxygen atoms in total. The van der Waals surface area contributed by atoms with E-state index in [2.05, 4.69) is 0 Å². The first kappa shape index (κ1) is 11.6. The van der Waals surface area contributed by atoms with Crippen LogP contribution in [0, 0.1) is 5.82 Å². The van der Waals surface area contributed by atoms with Crippen molar-refractivity contribution in [2.75, 3.05) is 0 Å². The molecule has 0 radical (unpaired) electrons. The molecule has 1 aromatic heterocycles. The van der Waals surface area contributed by atoms with Gasteiger partial charge in [0.15, 0.2) is 0 Å². The second-order valence-corrected chi connectivity index (χ2v) is 5.21. The zero-order chi connectivity index (χ0) is 11.7. The van der Waals surface area contributed by atoms with Crippen LogP contribution >= 0.6 is 34.5 Å². The van der Waals surface area contributed by atoms with Crippen LogP contribution < -0.4 is 0 Å². The summed E-state index contributed by atoms with van der Waals surface area (Å²) >= 11 is 12.5. The summed E-state index contributed by atoms with van der Waals surface area (Å²) in [4.78, 5) is 12.3. The molecule has 0 saturated carbocycles. The van der Waals surface area contributed by atoms with E-state index in [9.17, 15) is 9.18 Å². The van der Waals surface area contributed by atoms with Gasteiger partial charge in [-0.05, 0) is 30.3 Å². The van der Waals surface area contributed by atoms with Crippen molar-refractivity contribution in [2.45, 2.75) is 0 Å². The molecule has 0 amide bonds. The Labute approximate surface area is 105 Å². The number of carbonyl (C=O) groups is 1. The Balaban J connectivity index is 2.45. The van der Waals surface area contributed by atoms with Crippen LogP contribution in [-0.4, -0.2) is 5.78 Å². The lowest BCUT2D eigenvalue weighted by Gasteiger charge is -2.00. The van der Waals surface area contributed by atoms with Gasteiger partial charge < -0.3 is 0 Å². The molecule has 1 aromatic carbocycles. The molecule has 0 aliphatic carbocycles. The lowest BCUT2D eigenvalue weighted by molar-refractivity contribution is 0.103. The molecule has 0 aliphatic rings. The third-order valence-corrected chi connectivity index (χ3v) is 3.44. The van der Waals surface area contributed by atoms with E-state index in [0.29, 0.717) is 14.2 Å². The molecule has 0 aliphatic heterocycles. The van der Waals surface area contributed by atoms with Gasteiger partial charge >= 0.3 is 0 Å². The minimum Gasteiger partial charge on any atom is -0.288 e. The zero-order valence-corrected chi connectivity index (χ0v) is 10.2. The highest BCUT2D eigenvalue weighted by molar-refractivity contribution is 7.18. The van der Waals surface area contributed by atoms with E-state index in [-0.39, 0.29) is 5.56 Å². The fourth-order valence-corrected chi connectivity index (χ4v) is 2.41. The molecule has 0 atom stereocenters. The summed E-state index contributed by atoms with van der Waals surface area (Å²) in [5, 5.41) is 0.326. The Hall–Kier alpha value is -0.900. The first-order valence-electron chi connectivity index (χ1n) is 4.33. The molecule has 0 spiro atoms. The Kier molecular flexibility index (Phi) is 3.28. The molecular weight excluding hydrogens is 270 g/mol. The minimum absolute atomic E-state index is 0.0361. The fourth-order valence-electron chi connectivity index (χ4n) is 1.24. The van der Waals surface area contributed by atoms with Gasteiger partial charge in [-0.3, -0.25) is 4.79 Å².